The molecular formula is C19H30Cl2N2O3. The molecule has 5 nitrogen and oxygen atoms in total. The van der Waals surface area contributed by atoms with Crippen molar-refractivity contribution in [1.29, 1.82) is 0 Å². The van der Waals surface area contributed by atoms with Crippen LogP contribution in [0.1, 0.15) is 37.3 Å². The van der Waals surface area contributed by atoms with Crippen LogP contribution >= 0.6 is 24.8 Å². The van der Waals surface area contributed by atoms with Gasteiger partial charge < -0.3 is 19.7 Å². The SMILES string of the molecule is CCOC(=O)N1CCC(NC2CCc3cccc(OC)c3C2)CC1.Cl.Cl. The van der Waals surface area contributed by atoms with Gasteiger partial charge in [-0.15, -0.1) is 24.8 Å². The molecule has 26 heavy (non-hydrogen) atoms. The van der Waals surface area contributed by atoms with Gasteiger partial charge in [-0.1, -0.05) is 12.1 Å². The number of hydrogen-bond donors (Lipinski definition) is 1. The van der Waals surface area contributed by atoms with Gasteiger partial charge in [0.05, 0.1) is 13.7 Å². The van der Waals surface area contributed by atoms with Crippen molar-refractivity contribution in [2.45, 2.75) is 51.1 Å². The van der Waals surface area contributed by atoms with Crippen molar-refractivity contribution in [3.63, 3.8) is 0 Å². The molecule has 1 saturated heterocycles. The van der Waals surface area contributed by atoms with Crippen LogP contribution in [0.3, 0.4) is 0 Å². The van der Waals surface area contributed by atoms with Crippen LogP contribution in [0, 0.1) is 0 Å². The Kier molecular flexibility index (Phi) is 9.55. The summed E-state index contributed by atoms with van der Waals surface area (Å²) >= 11 is 0. The van der Waals surface area contributed by atoms with E-state index in [1.807, 2.05) is 11.8 Å². The molecule has 0 bridgehead atoms. The number of benzene rings is 1. The fraction of sp³-hybridized carbons (Fsp3) is 0.632. The van der Waals surface area contributed by atoms with Crippen LogP contribution in [-0.4, -0.2) is 49.9 Å². The molecule has 148 valence electrons. The second kappa shape index (κ2) is 10.9. The van der Waals surface area contributed by atoms with Gasteiger partial charge in [0, 0.05) is 25.2 Å². The zero-order valence-electron chi connectivity index (χ0n) is 15.5. The van der Waals surface area contributed by atoms with Crippen molar-refractivity contribution in [2.75, 3.05) is 26.8 Å². The number of aryl methyl sites for hydroxylation is 1. The summed E-state index contributed by atoms with van der Waals surface area (Å²) in [6.45, 7) is 3.86. The van der Waals surface area contributed by atoms with Crippen LogP contribution in [-0.2, 0) is 17.6 Å². The summed E-state index contributed by atoms with van der Waals surface area (Å²) in [6, 6.07) is 7.33. The molecule has 1 fully saturated rings. The van der Waals surface area contributed by atoms with Crippen LogP contribution in [0.4, 0.5) is 4.79 Å². The van der Waals surface area contributed by atoms with E-state index < -0.39 is 0 Å². The van der Waals surface area contributed by atoms with E-state index in [2.05, 4.69) is 23.5 Å². The number of nitrogens with zero attached hydrogens (tertiary/aromatic N) is 1. The quantitative estimate of drug-likeness (QED) is 0.832. The van der Waals surface area contributed by atoms with Crippen LogP contribution in [0.15, 0.2) is 18.2 Å². The van der Waals surface area contributed by atoms with Crippen LogP contribution < -0.4 is 10.1 Å². The maximum Gasteiger partial charge on any atom is 0.409 e. The molecule has 1 N–H and O–H groups in total. The number of piperidine rings is 1. The third-order valence-electron chi connectivity index (χ3n) is 5.16. The lowest BCUT2D eigenvalue weighted by atomic mass is 9.87. The number of halogens is 2. The van der Waals surface area contributed by atoms with Gasteiger partial charge >= 0.3 is 6.09 Å². The second-order valence-electron chi connectivity index (χ2n) is 6.66. The Morgan fingerprint density at radius 1 is 1.19 bits per heavy atom. The highest BCUT2D eigenvalue weighted by Gasteiger charge is 2.27. The van der Waals surface area contributed by atoms with Crippen molar-refractivity contribution in [1.82, 2.24) is 10.2 Å². The van der Waals surface area contributed by atoms with Gasteiger partial charge in [-0.25, -0.2) is 4.79 Å². The first-order valence-corrected chi connectivity index (χ1v) is 9.03. The summed E-state index contributed by atoms with van der Waals surface area (Å²) in [4.78, 5) is 13.6. The Hall–Kier alpha value is -1.17. The first-order valence-electron chi connectivity index (χ1n) is 9.03. The molecule has 1 heterocycles. The number of hydrogen-bond acceptors (Lipinski definition) is 4. The molecule has 1 aliphatic heterocycles. The molecule has 3 rings (SSSR count). The number of carbonyl (C=O) groups is 1. The Balaban J connectivity index is 0.00000169. The summed E-state index contributed by atoms with van der Waals surface area (Å²) in [6.07, 6.45) is 5.11. The maximum atomic E-state index is 11.8. The topological polar surface area (TPSA) is 50.8 Å². The summed E-state index contributed by atoms with van der Waals surface area (Å²) in [5, 5.41) is 3.81. The Morgan fingerprint density at radius 2 is 1.92 bits per heavy atom. The van der Waals surface area contributed by atoms with Crippen molar-refractivity contribution >= 4 is 30.9 Å². The molecule has 1 amide bonds. The fourth-order valence-corrected chi connectivity index (χ4v) is 3.87. The normalized spacial score (nSPS) is 19.6. The molecule has 1 atom stereocenters. The maximum absolute atomic E-state index is 11.8. The molecule has 0 aromatic heterocycles. The van der Waals surface area contributed by atoms with E-state index in [-0.39, 0.29) is 30.9 Å². The molecule has 2 aliphatic rings. The highest BCUT2D eigenvalue weighted by molar-refractivity contribution is 5.85. The molecule has 1 aromatic rings. The van der Waals surface area contributed by atoms with E-state index >= 15 is 0 Å². The molecule has 1 unspecified atom stereocenters. The number of carbonyl (C=O) groups excluding carboxylic acids is 1. The molecule has 0 radical (unpaired) electrons. The van der Waals surface area contributed by atoms with Crippen LogP contribution in [0.5, 0.6) is 5.75 Å². The minimum absolute atomic E-state index is 0. The van der Waals surface area contributed by atoms with Gasteiger partial charge in [-0.3, -0.25) is 0 Å². The number of fused-ring (bicyclic) bond motifs is 1. The Morgan fingerprint density at radius 3 is 2.58 bits per heavy atom. The van der Waals surface area contributed by atoms with E-state index in [0.717, 1.165) is 50.9 Å². The first kappa shape index (κ1) is 22.9. The lowest BCUT2D eigenvalue weighted by Gasteiger charge is -2.35. The summed E-state index contributed by atoms with van der Waals surface area (Å²) in [5.74, 6) is 1.01. The second-order valence-corrected chi connectivity index (χ2v) is 6.66. The highest BCUT2D eigenvalue weighted by atomic mass is 35.5. The zero-order chi connectivity index (χ0) is 16.9. The number of nitrogens with one attached hydrogen (secondary N) is 1. The van der Waals surface area contributed by atoms with E-state index in [4.69, 9.17) is 9.47 Å². The van der Waals surface area contributed by atoms with Gasteiger partial charge in [0.15, 0.2) is 0 Å². The molecule has 0 saturated carbocycles. The molecular weight excluding hydrogens is 375 g/mol. The van der Waals surface area contributed by atoms with Crippen molar-refractivity contribution in [2.24, 2.45) is 0 Å². The first-order chi connectivity index (χ1) is 11.7. The number of ether oxygens (including phenoxy) is 2. The minimum atomic E-state index is -0.174. The van der Waals surface area contributed by atoms with Gasteiger partial charge in [0.1, 0.15) is 5.75 Å². The number of rotatable bonds is 4. The Bertz CT molecular complexity index is 564. The molecule has 0 spiro atoms. The fourth-order valence-electron chi connectivity index (χ4n) is 3.87. The molecule has 7 heteroatoms. The smallest absolute Gasteiger partial charge is 0.409 e. The highest BCUT2D eigenvalue weighted by Crippen LogP contribution is 2.30. The number of methoxy groups -OCH3 is 1. The minimum Gasteiger partial charge on any atom is -0.496 e. The predicted molar refractivity (Wildman–Crippen MR) is 108 cm³/mol. The summed E-state index contributed by atoms with van der Waals surface area (Å²) < 4.78 is 10.6. The third kappa shape index (κ3) is 5.41. The van der Waals surface area contributed by atoms with E-state index in [0.29, 0.717) is 18.7 Å². The van der Waals surface area contributed by atoms with Gasteiger partial charge in [-0.05, 0) is 56.2 Å². The average molecular weight is 405 g/mol. The molecule has 1 aromatic carbocycles. The average Bonchev–Trinajstić information content (AvgIpc) is 2.62. The van der Waals surface area contributed by atoms with Gasteiger partial charge in [0.2, 0.25) is 0 Å². The van der Waals surface area contributed by atoms with E-state index in [1.165, 1.54) is 11.1 Å². The third-order valence-corrected chi connectivity index (χ3v) is 5.16. The summed E-state index contributed by atoms with van der Waals surface area (Å²) in [7, 11) is 1.75. The van der Waals surface area contributed by atoms with E-state index in [1.54, 1.807) is 7.11 Å². The monoisotopic (exact) mass is 404 g/mol. The largest absolute Gasteiger partial charge is 0.496 e. The van der Waals surface area contributed by atoms with Crippen LogP contribution in [0.25, 0.3) is 0 Å². The van der Waals surface area contributed by atoms with Crippen molar-refractivity contribution in [3.05, 3.63) is 29.3 Å². The zero-order valence-corrected chi connectivity index (χ0v) is 17.2. The lowest BCUT2D eigenvalue weighted by molar-refractivity contribution is 0.0940. The predicted octanol–water partition coefficient (Wildman–Crippen LogP) is 3.61. The standard InChI is InChI=1S/C19H28N2O3.2ClH/c1-3-24-19(22)21-11-9-15(10-12-21)20-16-8-7-14-5-4-6-18(23-2)17(14)13-16;;/h4-6,15-16,20H,3,7-13H2,1-2H3;2*1H. The van der Waals surface area contributed by atoms with E-state index in [9.17, 15) is 4.79 Å². The van der Waals surface area contributed by atoms with Crippen molar-refractivity contribution < 1.29 is 14.3 Å². The number of amides is 1. The Labute approximate surface area is 168 Å². The van der Waals surface area contributed by atoms with Crippen LogP contribution in [0.2, 0.25) is 0 Å². The number of likely N-dealkylation sites (tertiary alicyclic amines) is 1. The lowest BCUT2D eigenvalue weighted by Crippen LogP contribution is -2.49. The van der Waals surface area contributed by atoms with Crippen molar-refractivity contribution in [3.8, 4) is 5.75 Å². The van der Waals surface area contributed by atoms with Gasteiger partial charge in [-0.2, -0.15) is 0 Å². The summed E-state index contributed by atoms with van der Waals surface area (Å²) in [5.41, 5.74) is 2.78. The van der Waals surface area contributed by atoms with Gasteiger partial charge in [0.25, 0.3) is 0 Å². The molecule has 1 aliphatic carbocycles.